The Kier molecular flexibility index (Phi) is 5.84. The minimum atomic E-state index is -0.413. The summed E-state index contributed by atoms with van der Waals surface area (Å²) >= 11 is 3.39. The van der Waals surface area contributed by atoms with E-state index in [2.05, 4.69) is 11.9 Å². The Bertz CT molecular complexity index is 273. The molecule has 0 atom stereocenters. The fourth-order valence-corrected chi connectivity index (χ4v) is 4.58. The minimum absolute atomic E-state index is 0.0280. The Morgan fingerprint density at radius 2 is 2.19 bits per heavy atom. The maximum Gasteiger partial charge on any atom is 0.246 e. The first-order valence-corrected chi connectivity index (χ1v) is 7.18. The first-order valence-electron chi connectivity index (χ1n) is 5.21. The molecule has 1 amide bonds. The van der Waals surface area contributed by atoms with Crippen molar-refractivity contribution in [1.29, 1.82) is 0 Å². The van der Waals surface area contributed by atoms with Crippen LogP contribution in [0, 0.1) is 0 Å². The Morgan fingerprint density at radius 3 is 2.75 bits per heavy atom. The van der Waals surface area contributed by atoms with Gasteiger partial charge in [-0.1, -0.05) is 6.08 Å². The van der Waals surface area contributed by atoms with E-state index in [4.69, 9.17) is 5.11 Å². The molecule has 3 nitrogen and oxygen atoms in total. The lowest BCUT2D eigenvalue weighted by Crippen LogP contribution is -2.43. The molecule has 0 aromatic carbocycles. The maximum absolute atomic E-state index is 12.1. The summed E-state index contributed by atoms with van der Waals surface area (Å²) in [5, 5.41) is 11.3. The summed E-state index contributed by atoms with van der Waals surface area (Å²) < 4.78 is -0.413. The van der Waals surface area contributed by atoms with Gasteiger partial charge in [0.15, 0.2) is 0 Å². The van der Waals surface area contributed by atoms with E-state index in [1.807, 2.05) is 0 Å². The molecule has 0 unspecified atom stereocenters. The zero-order valence-corrected chi connectivity index (χ0v) is 10.8. The molecule has 0 spiro atoms. The van der Waals surface area contributed by atoms with Gasteiger partial charge in [0.25, 0.3) is 0 Å². The molecule has 1 heterocycles. The number of carbonyl (C=O) groups excluding carboxylic acids is 1. The fraction of sp³-hybridized carbons (Fsp3) is 0.545. The second kappa shape index (κ2) is 6.91. The minimum Gasteiger partial charge on any atom is -0.516 e. The number of thioether (sulfide) groups is 2. The van der Waals surface area contributed by atoms with E-state index in [0.717, 1.165) is 24.2 Å². The summed E-state index contributed by atoms with van der Waals surface area (Å²) in [6, 6.07) is 0. The number of rotatable bonds is 5. The third kappa shape index (κ3) is 3.49. The summed E-state index contributed by atoms with van der Waals surface area (Å²) in [4.78, 5) is 12.1. The largest absolute Gasteiger partial charge is 0.516 e. The summed E-state index contributed by atoms with van der Waals surface area (Å²) in [6.07, 6.45) is 6.08. The lowest BCUT2D eigenvalue weighted by atomic mass is 10.2. The normalized spacial score (nSPS) is 19.5. The van der Waals surface area contributed by atoms with Crippen molar-refractivity contribution in [3.63, 3.8) is 0 Å². The van der Waals surface area contributed by atoms with Gasteiger partial charge in [-0.05, 0) is 30.4 Å². The van der Waals surface area contributed by atoms with Crippen LogP contribution >= 0.6 is 23.5 Å². The van der Waals surface area contributed by atoms with E-state index in [9.17, 15) is 4.79 Å². The highest BCUT2D eigenvalue weighted by Gasteiger charge is 2.39. The van der Waals surface area contributed by atoms with Gasteiger partial charge in [0.05, 0.1) is 6.26 Å². The topological polar surface area (TPSA) is 49.3 Å². The van der Waals surface area contributed by atoms with Gasteiger partial charge in [-0.3, -0.25) is 4.79 Å². The van der Waals surface area contributed by atoms with Crippen LogP contribution in [0.3, 0.4) is 0 Å². The Balaban J connectivity index is 2.60. The Labute approximate surface area is 105 Å². The quantitative estimate of drug-likeness (QED) is 0.587. The van der Waals surface area contributed by atoms with Gasteiger partial charge in [-0.25, -0.2) is 0 Å². The molecule has 5 heteroatoms. The van der Waals surface area contributed by atoms with Crippen LogP contribution in [0.1, 0.15) is 12.8 Å². The number of carbonyl (C=O) groups is 1. The van der Waals surface area contributed by atoms with Gasteiger partial charge >= 0.3 is 0 Å². The van der Waals surface area contributed by atoms with E-state index in [1.54, 1.807) is 29.6 Å². The number of hydrogen-bond acceptors (Lipinski definition) is 4. The highest BCUT2D eigenvalue weighted by atomic mass is 32.2. The van der Waals surface area contributed by atoms with Gasteiger partial charge in [-0.2, -0.15) is 0 Å². The monoisotopic (exact) mass is 259 g/mol. The molecule has 0 saturated carbocycles. The number of nitrogens with one attached hydrogen (secondary N) is 1. The molecule has 1 aliphatic rings. The first kappa shape index (κ1) is 13.5. The number of hydrogen-bond donors (Lipinski definition) is 2. The van der Waals surface area contributed by atoms with Crippen molar-refractivity contribution in [2.75, 3.05) is 18.1 Å². The van der Waals surface area contributed by atoms with Gasteiger partial charge in [0.2, 0.25) is 5.91 Å². The van der Waals surface area contributed by atoms with Crippen molar-refractivity contribution in [3.05, 3.63) is 25.0 Å². The van der Waals surface area contributed by atoms with Gasteiger partial charge < -0.3 is 10.4 Å². The molecular formula is C11H17NO2S2. The van der Waals surface area contributed by atoms with Gasteiger partial charge in [0, 0.05) is 6.54 Å². The summed E-state index contributed by atoms with van der Waals surface area (Å²) in [6.45, 7) is 4.09. The van der Waals surface area contributed by atoms with Crippen LogP contribution in [-0.2, 0) is 4.79 Å². The third-order valence-corrected chi connectivity index (χ3v) is 5.53. The molecule has 1 aliphatic heterocycles. The Hall–Kier alpha value is -0.550. The first-order chi connectivity index (χ1) is 7.75. The fourth-order valence-electron chi connectivity index (χ4n) is 1.45. The predicted octanol–water partition coefficient (Wildman–Crippen LogP) is 2.32. The van der Waals surface area contributed by atoms with Gasteiger partial charge in [0.1, 0.15) is 4.08 Å². The molecule has 2 N–H and O–H groups in total. The maximum atomic E-state index is 12.1. The SMILES string of the molecule is C=CCC1(C(=O)NC/C=C/O)SCCCS1. The van der Waals surface area contributed by atoms with Crippen molar-refractivity contribution in [2.45, 2.75) is 16.9 Å². The van der Waals surface area contributed by atoms with Crippen molar-refractivity contribution >= 4 is 29.4 Å². The highest BCUT2D eigenvalue weighted by molar-refractivity contribution is 8.19. The molecule has 0 aromatic rings. The molecule has 16 heavy (non-hydrogen) atoms. The summed E-state index contributed by atoms with van der Waals surface area (Å²) in [5.41, 5.74) is 0. The van der Waals surface area contributed by atoms with Crippen LogP contribution in [0.15, 0.2) is 25.0 Å². The molecule has 0 radical (unpaired) electrons. The Morgan fingerprint density at radius 1 is 1.50 bits per heavy atom. The zero-order chi connectivity index (χ0) is 11.9. The summed E-state index contributed by atoms with van der Waals surface area (Å²) in [5.74, 6) is 2.06. The molecule has 1 saturated heterocycles. The zero-order valence-electron chi connectivity index (χ0n) is 9.15. The van der Waals surface area contributed by atoms with Crippen molar-refractivity contribution in [3.8, 4) is 0 Å². The summed E-state index contributed by atoms with van der Waals surface area (Å²) in [7, 11) is 0. The smallest absolute Gasteiger partial charge is 0.246 e. The van der Waals surface area contributed by atoms with Crippen LogP contribution < -0.4 is 5.32 Å². The molecule has 0 aliphatic carbocycles. The van der Waals surface area contributed by atoms with Crippen LogP contribution in [0.4, 0.5) is 0 Å². The second-order valence-corrected chi connectivity index (χ2v) is 6.44. The number of aliphatic hydroxyl groups excluding tert-OH is 1. The van der Waals surface area contributed by atoms with E-state index in [1.165, 1.54) is 6.08 Å². The average molecular weight is 259 g/mol. The third-order valence-electron chi connectivity index (χ3n) is 2.20. The van der Waals surface area contributed by atoms with Crippen molar-refractivity contribution in [2.24, 2.45) is 0 Å². The van der Waals surface area contributed by atoms with Crippen LogP contribution in [0.25, 0.3) is 0 Å². The average Bonchev–Trinajstić information content (AvgIpc) is 2.31. The number of allylic oxidation sites excluding steroid dienone is 1. The highest BCUT2D eigenvalue weighted by Crippen LogP contribution is 2.45. The second-order valence-electron chi connectivity index (χ2n) is 3.39. The standard InChI is InChI=1S/C11H17NO2S2/c1-2-5-11(15-8-4-9-16-11)10(14)12-6-3-7-13/h2-3,7,13H,1,4-6,8-9H2,(H,12,14)/b7-3+. The lowest BCUT2D eigenvalue weighted by molar-refractivity contribution is -0.121. The molecule has 1 fully saturated rings. The van der Waals surface area contributed by atoms with Crippen molar-refractivity contribution < 1.29 is 9.90 Å². The van der Waals surface area contributed by atoms with E-state index < -0.39 is 4.08 Å². The van der Waals surface area contributed by atoms with Gasteiger partial charge in [-0.15, -0.1) is 30.1 Å². The molecular weight excluding hydrogens is 242 g/mol. The molecule has 1 rings (SSSR count). The van der Waals surface area contributed by atoms with E-state index in [-0.39, 0.29) is 5.91 Å². The number of amides is 1. The molecule has 0 bridgehead atoms. The van der Waals surface area contributed by atoms with Crippen molar-refractivity contribution in [1.82, 2.24) is 5.32 Å². The number of aliphatic hydroxyl groups is 1. The van der Waals surface area contributed by atoms with Crippen LogP contribution in [0.5, 0.6) is 0 Å². The lowest BCUT2D eigenvalue weighted by Gasteiger charge is -2.33. The van der Waals surface area contributed by atoms with Crippen LogP contribution in [-0.4, -0.2) is 33.1 Å². The predicted molar refractivity (Wildman–Crippen MR) is 71.9 cm³/mol. The van der Waals surface area contributed by atoms with Crippen LogP contribution in [0.2, 0.25) is 0 Å². The van der Waals surface area contributed by atoms with E-state index >= 15 is 0 Å². The van der Waals surface area contributed by atoms with E-state index in [0.29, 0.717) is 13.0 Å². The molecule has 0 aromatic heterocycles. The molecule has 90 valence electrons.